The summed E-state index contributed by atoms with van der Waals surface area (Å²) >= 11 is 0. The summed E-state index contributed by atoms with van der Waals surface area (Å²) in [5, 5.41) is 12.6. The third kappa shape index (κ3) is 4.07. The summed E-state index contributed by atoms with van der Waals surface area (Å²) < 4.78 is 11.3. The van der Waals surface area contributed by atoms with E-state index in [-0.39, 0.29) is 11.8 Å². The number of rotatable bonds is 5. The number of benzene rings is 1. The van der Waals surface area contributed by atoms with E-state index >= 15 is 0 Å². The van der Waals surface area contributed by atoms with Gasteiger partial charge in [0.15, 0.2) is 0 Å². The molecule has 4 rings (SSSR count). The number of hydrogen-bond donors (Lipinski definition) is 0. The van der Waals surface area contributed by atoms with E-state index in [4.69, 9.17) is 8.94 Å². The minimum atomic E-state index is 0.0330. The fourth-order valence-electron chi connectivity index (χ4n) is 3.52. The van der Waals surface area contributed by atoms with Gasteiger partial charge in [-0.3, -0.25) is 9.69 Å². The van der Waals surface area contributed by atoms with Crippen LogP contribution >= 0.6 is 0 Å². The molecule has 0 spiro atoms. The van der Waals surface area contributed by atoms with E-state index in [0.29, 0.717) is 29.8 Å². The van der Waals surface area contributed by atoms with Crippen LogP contribution in [-0.4, -0.2) is 57.2 Å². The summed E-state index contributed by atoms with van der Waals surface area (Å²) in [6.07, 6.45) is 0. The molecule has 1 aliphatic rings. The number of aryl methyl sites for hydroxylation is 1. The van der Waals surface area contributed by atoms with E-state index in [2.05, 4.69) is 20.3 Å². The van der Waals surface area contributed by atoms with Crippen LogP contribution in [0.25, 0.3) is 22.7 Å². The van der Waals surface area contributed by atoms with Crippen LogP contribution in [0, 0.1) is 12.8 Å². The van der Waals surface area contributed by atoms with Crippen LogP contribution < -0.4 is 0 Å². The number of hydrogen-bond acceptors (Lipinski definition) is 7. The van der Waals surface area contributed by atoms with Gasteiger partial charge in [0.25, 0.3) is 5.89 Å². The van der Waals surface area contributed by atoms with Gasteiger partial charge in [0.1, 0.15) is 17.0 Å². The van der Waals surface area contributed by atoms with Crippen LogP contribution in [0.3, 0.4) is 0 Å². The summed E-state index contributed by atoms with van der Waals surface area (Å²) in [6, 6.07) is 9.79. The van der Waals surface area contributed by atoms with Crippen LogP contribution in [0.1, 0.15) is 25.5 Å². The van der Waals surface area contributed by atoms with Crippen LogP contribution in [0.2, 0.25) is 0 Å². The first-order valence-electron chi connectivity index (χ1n) is 9.88. The third-order valence-electron chi connectivity index (χ3n) is 5.13. The number of carbonyl (C=O) groups excluding carboxylic acids is 1. The lowest BCUT2D eigenvalue weighted by molar-refractivity contribution is -0.136. The van der Waals surface area contributed by atoms with Gasteiger partial charge in [0.2, 0.25) is 11.8 Å². The molecule has 2 aromatic heterocycles. The minimum Gasteiger partial charge on any atom is -0.419 e. The quantitative estimate of drug-likeness (QED) is 0.656. The first-order chi connectivity index (χ1) is 14.0. The predicted octanol–water partition coefficient (Wildman–Crippen LogP) is 3.00. The Morgan fingerprint density at radius 1 is 1.10 bits per heavy atom. The standard InChI is InChI=1S/C21H25N5O3/c1-14(2)21(27)26-11-9-25(10-12-26)13-17-22-23-20(28-17)18-15(3)29-24-19(18)16-7-5-4-6-8-16/h4-8,14H,9-13H2,1-3H3. The predicted molar refractivity (Wildman–Crippen MR) is 107 cm³/mol. The molecule has 0 atom stereocenters. The van der Waals surface area contributed by atoms with Crippen molar-refractivity contribution >= 4 is 5.91 Å². The van der Waals surface area contributed by atoms with Crippen molar-refractivity contribution in [3.63, 3.8) is 0 Å². The average molecular weight is 395 g/mol. The van der Waals surface area contributed by atoms with Crippen molar-refractivity contribution in [2.75, 3.05) is 26.2 Å². The molecule has 0 unspecified atom stereocenters. The Bertz CT molecular complexity index is 971. The molecule has 3 aromatic rings. The van der Waals surface area contributed by atoms with Gasteiger partial charge in [-0.1, -0.05) is 49.3 Å². The molecule has 1 aromatic carbocycles. The van der Waals surface area contributed by atoms with Gasteiger partial charge in [0.05, 0.1) is 6.54 Å². The van der Waals surface area contributed by atoms with Crippen LogP contribution in [-0.2, 0) is 11.3 Å². The highest BCUT2D eigenvalue weighted by molar-refractivity contribution is 5.78. The second-order valence-corrected chi connectivity index (χ2v) is 7.59. The Kier molecular flexibility index (Phi) is 5.44. The van der Waals surface area contributed by atoms with Crippen molar-refractivity contribution < 1.29 is 13.7 Å². The fourth-order valence-corrected chi connectivity index (χ4v) is 3.52. The molecule has 3 heterocycles. The molecule has 0 aliphatic carbocycles. The Balaban J connectivity index is 1.46. The highest BCUT2D eigenvalue weighted by Gasteiger charge is 2.25. The Morgan fingerprint density at radius 3 is 2.52 bits per heavy atom. The Morgan fingerprint density at radius 2 is 1.83 bits per heavy atom. The molecular weight excluding hydrogens is 370 g/mol. The largest absolute Gasteiger partial charge is 0.419 e. The number of amides is 1. The van der Waals surface area contributed by atoms with Gasteiger partial charge in [-0.15, -0.1) is 10.2 Å². The third-order valence-corrected chi connectivity index (χ3v) is 5.13. The second-order valence-electron chi connectivity index (χ2n) is 7.59. The number of nitrogens with zero attached hydrogens (tertiary/aromatic N) is 5. The molecule has 1 fully saturated rings. The van der Waals surface area contributed by atoms with Gasteiger partial charge >= 0.3 is 0 Å². The Labute approximate surface area is 169 Å². The maximum absolute atomic E-state index is 12.1. The molecule has 0 saturated carbocycles. The van der Waals surface area contributed by atoms with Crippen molar-refractivity contribution in [1.82, 2.24) is 25.2 Å². The summed E-state index contributed by atoms with van der Waals surface area (Å²) in [5.41, 5.74) is 2.35. The maximum Gasteiger partial charge on any atom is 0.253 e. The molecule has 29 heavy (non-hydrogen) atoms. The van der Waals surface area contributed by atoms with Crippen molar-refractivity contribution in [1.29, 1.82) is 0 Å². The number of piperazine rings is 1. The topological polar surface area (TPSA) is 88.5 Å². The lowest BCUT2D eigenvalue weighted by Gasteiger charge is -2.34. The highest BCUT2D eigenvalue weighted by atomic mass is 16.5. The van der Waals surface area contributed by atoms with Crippen molar-refractivity contribution in [3.8, 4) is 22.7 Å². The lowest BCUT2D eigenvalue weighted by Crippen LogP contribution is -2.49. The summed E-state index contributed by atoms with van der Waals surface area (Å²) in [5.74, 6) is 1.83. The molecule has 8 nitrogen and oxygen atoms in total. The maximum atomic E-state index is 12.1. The zero-order valence-corrected chi connectivity index (χ0v) is 17.0. The summed E-state index contributed by atoms with van der Waals surface area (Å²) in [7, 11) is 0. The van der Waals surface area contributed by atoms with Crippen molar-refractivity contribution in [3.05, 3.63) is 42.0 Å². The van der Waals surface area contributed by atoms with E-state index in [9.17, 15) is 4.79 Å². The van der Waals surface area contributed by atoms with Crippen LogP contribution in [0.4, 0.5) is 0 Å². The number of carbonyl (C=O) groups is 1. The summed E-state index contributed by atoms with van der Waals surface area (Å²) in [4.78, 5) is 16.3. The molecule has 152 valence electrons. The SMILES string of the molecule is Cc1onc(-c2ccccc2)c1-c1nnc(CN2CCN(C(=O)C(C)C)CC2)o1. The molecule has 1 saturated heterocycles. The van der Waals surface area contributed by atoms with E-state index < -0.39 is 0 Å². The zero-order chi connectivity index (χ0) is 20.4. The molecule has 8 heteroatoms. The van der Waals surface area contributed by atoms with Crippen molar-refractivity contribution in [2.45, 2.75) is 27.3 Å². The van der Waals surface area contributed by atoms with Gasteiger partial charge in [-0.2, -0.15) is 0 Å². The summed E-state index contributed by atoms with van der Waals surface area (Å²) in [6.45, 7) is 9.29. The van der Waals surface area contributed by atoms with E-state index in [1.165, 1.54) is 0 Å². The fraction of sp³-hybridized carbons (Fsp3) is 0.429. The van der Waals surface area contributed by atoms with E-state index in [1.807, 2.05) is 56.0 Å². The highest BCUT2D eigenvalue weighted by Crippen LogP contribution is 2.33. The molecule has 0 N–H and O–H groups in total. The number of aromatic nitrogens is 3. The molecular formula is C21H25N5O3. The van der Waals surface area contributed by atoms with Crippen molar-refractivity contribution in [2.24, 2.45) is 5.92 Å². The van der Waals surface area contributed by atoms with Gasteiger partial charge in [-0.25, -0.2) is 0 Å². The van der Waals surface area contributed by atoms with E-state index in [1.54, 1.807) is 0 Å². The first-order valence-corrected chi connectivity index (χ1v) is 9.88. The van der Waals surface area contributed by atoms with E-state index in [0.717, 1.165) is 37.3 Å². The smallest absolute Gasteiger partial charge is 0.253 e. The van der Waals surface area contributed by atoms with Gasteiger partial charge in [-0.05, 0) is 6.92 Å². The first kappa shape index (κ1) is 19.3. The normalized spacial score (nSPS) is 15.2. The van der Waals surface area contributed by atoms with Crippen LogP contribution in [0.5, 0.6) is 0 Å². The minimum absolute atomic E-state index is 0.0330. The zero-order valence-electron chi connectivity index (χ0n) is 17.0. The molecule has 1 amide bonds. The van der Waals surface area contributed by atoms with Gasteiger partial charge < -0.3 is 13.8 Å². The Hall–Kier alpha value is -3.00. The monoisotopic (exact) mass is 395 g/mol. The second kappa shape index (κ2) is 8.16. The molecule has 0 radical (unpaired) electrons. The molecule has 0 bridgehead atoms. The lowest BCUT2D eigenvalue weighted by atomic mass is 10.1. The average Bonchev–Trinajstić information content (AvgIpc) is 3.34. The van der Waals surface area contributed by atoms with Gasteiger partial charge in [0, 0.05) is 37.7 Å². The molecule has 1 aliphatic heterocycles. The van der Waals surface area contributed by atoms with Crippen LogP contribution in [0.15, 0.2) is 39.3 Å².